The number of aldehydes is 1. The van der Waals surface area contributed by atoms with Crippen LogP contribution in [0.3, 0.4) is 0 Å². The molecule has 0 N–H and O–H groups in total. The molecule has 1 saturated carbocycles. The van der Waals surface area contributed by atoms with Gasteiger partial charge in [0.05, 0.1) is 5.56 Å². The molecule has 6 rings (SSSR count). The van der Waals surface area contributed by atoms with Crippen molar-refractivity contribution in [1.29, 1.82) is 0 Å². The van der Waals surface area contributed by atoms with Crippen molar-refractivity contribution in [3.05, 3.63) is 71.3 Å². The molecule has 0 bridgehead atoms. The molecule has 194 valence electrons. The summed E-state index contributed by atoms with van der Waals surface area (Å²) in [4.78, 5) is 45.4. The summed E-state index contributed by atoms with van der Waals surface area (Å²) in [6, 6.07) is 12.5. The second-order valence-corrected chi connectivity index (χ2v) is 11.0. The molecule has 1 aliphatic carbocycles. The Morgan fingerprint density at radius 3 is 2.47 bits per heavy atom. The van der Waals surface area contributed by atoms with Crippen LogP contribution in [-0.2, 0) is 9.59 Å². The van der Waals surface area contributed by atoms with Gasteiger partial charge in [0.2, 0.25) is 5.91 Å². The molecule has 3 aromatic carbocycles. The molecule has 3 aromatic rings. The predicted molar refractivity (Wildman–Crippen MR) is 140 cm³/mol. The molecule has 0 aromatic heterocycles. The maximum absolute atomic E-state index is 15.6. The van der Waals surface area contributed by atoms with E-state index in [0.717, 1.165) is 12.8 Å². The Bertz CT molecular complexity index is 1540. The van der Waals surface area contributed by atoms with Crippen molar-refractivity contribution < 1.29 is 23.2 Å². The topological polar surface area (TPSA) is 70.1 Å². The number of hydrogen-bond acceptors (Lipinski definition) is 4. The van der Waals surface area contributed by atoms with Crippen LogP contribution in [0.5, 0.6) is 0 Å². The second-order valence-electron chi connectivity index (χ2n) is 11.0. The van der Waals surface area contributed by atoms with Gasteiger partial charge in [0, 0.05) is 42.4 Å². The van der Waals surface area contributed by atoms with E-state index in [9.17, 15) is 18.8 Å². The number of carbonyl (C=O) groups is 3. The van der Waals surface area contributed by atoms with E-state index < -0.39 is 17.2 Å². The van der Waals surface area contributed by atoms with Gasteiger partial charge in [0.15, 0.2) is 6.29 Å². The lowest BCUT2D eigenvalue weighted by Crippen LogP contribution is -2.55. The van der Waals surface area contributed by atoms with Crippen LogP contribution in [0, 0.1) is 23.5 Å². The van der Waals surface area contributed by atoms with Crippen molar-refractivity contribution in [2.45, 2.75) is 32.2 Å². The molecule has 2 fully saturated rings. The zero-order valence-corrected chi connectivity index (χ0v) is 21.2. The van der Waals surface area contributed by atoms with Gasteiger partial charge in [-0.2, -0.15) is 0 Å². The monoisotopic (exact) mass is 515 g/mol. The van der Waals surface area contributed by atoms with Crippen LogP contribution in [0.1, 0.15) is 42.6 Å². The Labute approximate surface area is 218 Å². The number of halogens is 2. The van der Waals surface area contributed by atoms with Crippen LogP contribution in [0.4, 0.5) is 8.78 Å². The first-order valence-corrected chi connectivity index (χ1v) is 12.8. The minimum atomic E-state index is -1.03. The van der Waals surface area contributed by atoms with E-state index in [-0.39, 0.29) is 46.0 Å². The molecule has 2 amide bonds. The van der Waals surface area contributed by atoms with Crippen molar-refractivity contribution in [2.75, 3.05) is 19.6 Å². The number of rotatable bonds is 6. The van der Waals surface area contributed by atoms with Crippen molar-refractivity contribution in [3.63, 3.8) is 0 Å². The van der Waals surface area contributed by atoms with Crippen LogP contribution in [0.15, 0.2) is 53.5 Å². The van der Waals surface area contributed by atoms with Gasteiger partial charge >= 0.3 is 0 Å². The summed E-state index contributed by atoms with van der Waals surface area (Å²) in [5.41, 5.74) is 0.132. The Morgan fingerprint density at radius 1 is 1.05 bits per heavy atom. The summed E-state index contributed by atoms with van der Waals surface area (Å²) in [6.45, 7) is 4.93. The highest BCUT2D eigenvalue weighted by molar-refractivity contribution is 6.15. The van der Waals surface area contributed by atoms with Gasteiger partial charge in [-0.3, -0.25) is 24.3 Å². The SMILES string of the molecule is CC1(C)N=C(c2ccc(-c3ccc4cccc(F)c4c3C=O)cc2F)N(CC2CN(C(=O)C3CC3)C2)C1=O. The zero-order valence-electron chi connectivity index (χ0n) is 21.2. The Hall–Kier alpha value is -3.94. The maximum Gasteiger partial charge on any atom is 0.255 e. The fraction of sp³-hybridized carbons (Fsp3) is 0.333. The van der Waals surface area contributed by atoms with Crippen molar-refractivity contribution in [3.8, 4) is 11.1 Å². The minimum Gasteiger partial charge on any atom is -0.342 e. The van der Waals surface area contributed by atoms with Gasteiger partial charge in [-0.25, -0.2) is 8.78 Å². The smallest absolute Gasteiger partial charge is 0.255 e. The molecule has 1 saturated heterocycles. The standard InChI is InChI=1S/C30H27F2N3O3/c1-30(2)29(38)35(15-17-13-34(14-17)28(37)19-6-7-19)27(33-30)22-11-9-20(12-25(22)32)21-10-8-18-4-3-5-24(31)26(18)23(21)16-36/h3-5,8-12,16-17,19H,6-7,13-15H2,1-2H3. The van der Waals surface area contributed by atoms with Gasteiger partial charge in [-0.1, -0.05) is 30.3 Å². The molecule has 8 heteroatoms. The molecule has 0 spiro atoms. The third kappa shape index (κ3) is 3.99. The van der Waals surface area contributed by atoms with Crippen LogP contribution < -0.4 is 0 Å². The fourth-order valence-electron chi connectivity index (χ4n) is 5.49. The van der Waals surface area contributed by atoms with Crippen LogP contribution >= 0.6 is 0 Å². The molecule has 0 radical (unpaired) electrons. The van der Waals surface area contributed by atoms with Crippen LogP contribution in [0.2, 0.25) is 0 Å². The van der Waals surface area contributed by atoms with E-state index in [1.807, 2.05) is 4.90 Å². The molecular formula is C30H27F2N3O3. The van der Waals surface area contributed by atoms with Gasteiger partial charge in [-0.15, -0.1) is 0 Å². The largest absolute Gasteiger partial charge is 0.342 e. The zero-order chi connectivity index (χ0) is 26.8. The minimum absolute atomic E-state index is 0.103. The van der Waals surface area contributed by atoms with E-state index in [2.05, 4.69) is 4.99 Å². The second kappa shape index (κ2) is 8.82. The van der Waals surface area contributed by atoms with Gasteiger partial charge in [-0.05, 0) is 61.4 Å². The van der Waals surface area contributed by atoms with Gasteiger partial charge < -0.3 is 4.90 Å². The fourth-order valence-corrected chi connectivity index (χ4v) is 5.49. The highest BCUT2D eigenvalue weighted by Crippen LogP contribution is 2.36. The lowest BCUT2D eigenvalue weighted by molar-refractivity contribution is -0.140. The first kappa shape index (κ1) is 24.4. The van der Waals surface area contributed by atoms with E-state index in [4.69, 9.17) is 0 Å². The van der Waals surface area contributed by atoms with Crippen molar-refractivity contribution in [2.24, 2.45) is 16.8 Å². The van der Waals surface area contributed by atoms with Crippen molar-refractivity contribution in [1.82, 2.24) is 9.80 Å². The number of aliphatic imine (C=N–C) groups is 1. The number of amidine groups is 1. The molecule has 2 aliphatic heterocycles. The maximum atomic E-state index is 15.6. The first-order chi connectivity index (χ1) is 18.2. The van der Waals surface area contributed by atoms with E-state index in [0.29, 0.717) is 42.4 Å². The highest BCUT2D eigenvalue weighted by Gasteiger charge is 2.45. The molecule has 6 nitrogen and oxygen atoms in total. The quantitative estimate of drug-likeness (QED) is 0.442. The summed E-state index contributed by atoms with van der Waals surface area (Å²) in [5.74, 6) is -0.618. The van der Waals surface area contributed by atoms with E-state index in [1.54, 1.807) is 50.2 Å². The number of fused-ring (bicyclic) bond motifs is 1. The van der Waals surface area contributed by atoms with Gasteiger partial charge in [0.25, 0.3) is 5.91 Å². The van der Waals surface area contributed by atoms with E-state index in [1.165, 1.54) is 17.0 Å². The summed E-state index contributed by atoms with van der Waals surface area (Å²) >= 11 is 0. The highest BCUT2D eigenvalue weighted by atomic mass is 19.1. The van der Waals surface area contributed by atoms with Crippen molar-refractivity contribution >= 4 is 34.7 Å². The van der Waals surface area contributed by atoms with Gasteiger partial charge in [0.1, 0.15) is 23.0 Å². The van der Waals surface area contributed by atoms with Crippen LogP contribution in [-0.4, -0.2) is 58.9 Å². The van der Waals surface area contributed by atoms with Crippen LogP contribution in [0.25, 0.3) is 21.9 Å². The average Bonchev–Trinajstić information content (AvgIpc) is 3.68. The third-order valence-corrected chi connectivity index (χ3v) is 7.72. The van der Waals surface area contributed by atoms with E-state index >= 15 is 4.39 Å². The molecular weight excluding hydrogens is 488 g/mol. The molecule has 3 aliphatic rings. The number of nitrogens with zero attached hydrogens (tertiary/aromatic N) is 3. The Morgan fingerprint density at radius 2 is 1.79 bits per heavy atom. The summed E-state index contributed by atoms with van der Waals surface area (Å²) < 4.78 is 30.2. The molecule has 2 heterocycles. The lowest BCUT2D eigenvalue weighted by atomic mass is 9.93. The normalized spacial score (nSPS) is 19.1. The Balaban J connectivity index is 1.30. The summed E-state index contributed by atoms with van der Waals surface area (Å²) in [5, 5.41) is 0.774. The first-order valence-electron chi connectivity index (χ1n) is 12.8. The summed E-state index contributed by atoms with van der Waals surface area (Å²) in [6.07, 6.45) is 2.49. The molecule has 0 unspecified atom stereocenters. The number of carbonyl (C=O) groups excluding carboxylic acids is 3. The summed E-state index contributed by atoms with van der Waals surface area (Å²) in [7, 11) is 0. The third-order valence-electron chi connectivity index (χ3n) is 7.72. The molecule has 38 heavy (non-hydrogen) atoms. The average molecular weight is 516 g/mol. The number of hydrogen-bond donors (Lipinski definition) is 0. The lowest BCUT2D eigenvalue weighted by Gasteiger charge is -2.41. The Kier molecular flexibility index (Phi) is 5.67. The molecule has 0 atom stereocenters. The number of amides is 2. The predicted octanol–water partition coefficient (Wildman–Crippen LogP) is 4.83. The number of likely N-dealkylation sites (tertiary alicyclic amines) is 1. The number of benzene rings is 3.